The van der Waals surface area contributed by atoms with Crippen LogP contribution in [0, 0.1) is 5.82 Å². The molecular formula is C21H14F4O4S. The molecule has 9 heteroatoms. The van der Waals surface area contributed by atoms with E-state index >= 15 is 0 Å². The van der Waals surface area contributed by atoms with Crippen LogP contribution in [0.3, 0.4) is 0 Å². The number of benzene rings is 2. The van der Waals surface area contributed by atoms with Gasteiger partial charge in [-0.1, -0.05) is 13.2 Å². The van der Waals surface area contributed by atoms with E-state index in [4.69, 9.17) is 9.47 Å². The van der Waals surface area contributed by atoms with Gasteiger partial charge in [-0.25, -0.2) is 14.0 Å². The number of rotatable bonds is 4. The Labute approximate surface area is 172 Å². The number of hydrogen-bond acceptors (Lipinski definition) is 5. The summed E-state index contributed by atoms with van der Waals surface area (Å²) in [4.78, 5) is 23.4. The first kappa shape index (κ1) is 21.5. The Morgan fingerprint density at radius 3 is 1.83 bits per heavy atom. The summed E-state index contributed by atoms with van der Waals surface area (Å²) in [5, 5.41) is 0.319. The van der Waals surface area contributed by atoms with E-state index in [1.54, 1.807) is 0 Å². The number of alkyl halides is 3. The van der Waals surface area contributed by atoms with Crippen molar-refractivity contribution in [2.75, 3.05) is 0 Å². The second-order valence-corrected chi connectivity index (χ2v) is 7.53. The average molecular weight is 438 g/mol. The predicted molar refractivity (Wildman–Crippen MR) is 105 cm³/mol. The molecule has 0 atom stereocenters. The molecule has 0 aliphatic rings. The minimum atomic E-state index is -4.88. The fourth-order valence-electron chi connectivity index (χ4n) is 2.64. The maximum Gasteiger partial charge on any atom is 0.421 e. The van der Waals surface area contributed by atoms with Gasteiger partial charge in [-0.2, -0.15) is 13.2 Å². The van der Waals surface area contributed by atoms with Crippen molar-refractivity contribution >= 4 is 43.4 Å². The Balaban J connectivity index is 2.26. The van der Waals surface area contributed by atoms with Gasteiger partial charge in [0.15, 0.2) is 11.6 Å². The van der Waals surface area contributed by atoms with Gasteiger partial charge < -0.3 is 9.47 Å². The van der Waals surface area contributed by atoms with Crippen molar-refractivity contribution in [3.8, 4) is 11.5 Å². The van der Waals surface area contributed by atoms with Crippen LogP contribution >= 0.6 is 11.3 Å². The second-order valence-electron chi connectivity index (χ2n) is 6.51. The molecule has 0 fully saturated rings. The number of hydrogen-bond donors (Lipinski definition) is 0. The van der Waals surface area contributed by atoms with Gasteiger partial charge in [0.25, 0.3) is 0 Å². The lowest BCUT2D eigenvalue weighted by Gasteiger charge is -2.13. The highest BCUT2D eigenvalue weighted by Crippen LogP contribution is 2.48. The smallest absolute Gasteiger partial charge is 0.421 e. The molecule has 1 heterocycles. The van der Waals surface area contributed by atoms with E-state index in [0.717, 1.165) is 12.1 Å². The standard InChI is InChI=1S/C21H14F4O4S/c1-9(2)19(26)28-13-7-5-11-12-6-8-14(29-20(27)10(3)4)16(22)18(12)30-17(11)15(13)21(23,24)25/h5-8H,1,3H2,2,4H3. The van der Waals surface area contributed by atoms with E-state index in [2.05, 4.69) is 13.2 Å². The summed E-state index contributed by atoms with van der Waals surface area (Å²) >= 11 is 0.519. The SMILES string of the molecule is C=C(C)C(=O)Oc1ccc2c(sc3c(C(F)(F)F)c(OC(=O)C(=C)C)ccc32)c1F. The Morgan fingerprint density at radius 2 is 1.33 bits per heavy atom. The maximum absolute atomic E-state index is 14.9. The number of halogens is 4. The zero-order valence-corrected chi connectivity index (χ0v) is 16.6. The Bertz CT molecular complexity index is 1240. The van der Waals surface area contributed by atoms with Crippen LogP contribution in [-0.4, -0.2) is 11.9 Å². The van der Waals surface area contributed by atoms with Gasteiger partial charge in [0, 0.05) is 21.9 Å². The minimum absolute atomic E-state index is 0.0363. The highest BCUT2D eigenvalue weighted by molar-refractivity contribution is 7.26. The van der Waals surface area contributed by atoms with Gasteiger partial charge in [0.1, 0.15) is 11.3 Å². The summed E-state index contributed by atoms with van der Waals surface area (Å²) < 4.78 is 65.7. The summed E-state index contributed by atoms with van der Waals surface area (Å²) in [6.45, 7) is 9.42. The van der Waals surface area contributed by atoms with Crippen LogP contribution in [0.15, 0.2) is 48.6 Å². The van der Waals surface area contributed by atoms with Crippen molar-refractivity contribution in [2.24, 2.45) is 0 Å². The molecule has 156 valence electrons. The number of ether oxygens (including phenoxy) is 2. The average Bonchev–Trinajstić information content (AvgIpc) is 3.01. The summed E-state index contributed by atoms with van der Waals surface area (Å²) in [7, 11) is 0. The maximum atomic E-state index is 14.9. The monoisotopic (exact) mass is 438 g/mol. The molecule has 0 aliphatic heterocycles. The van der Waals surface area contributed by atoms with E-state index in [0.29, 0.717) is 11.3 Å². The quantitative estimate of drug-likeness (QED) is 0.211. The molecule has 2 aromatic carbocycles. The normalized spacial score (nSPS) is 11.5. The number of thiophene rings is 1. The molecule has 0 bridgehead atoms. The van der Waals surface area contributed by atoms with Crippen molar-refractivity contribution < 1.29 is 36.6 Å². The van der Waals surface area contributed by atoms with Crippen LogP contribution in [0.1, 0.15) is 19.4 Å². The van der Waals surface area contributed by atoms with Crippen molar-refractivity contribution in [1.82, 2.24) is 0 Å². The highest BCUT2D eigenvalue weighted by atomic mass is 32.1. The Morgan fingerprint density at radius 1 is 0.867 bits per heavy atom. The molecule has 1 aromatic heterocycles. The lowest BCUT2D eigenvalue weighted by molar-refractivity contribution is -0.140. The first-order chi connectivity index (χ1) is 13.9. The molecule has 0 radical (unpaired) electrons. The molecule has 0 spiro atoms. The fourth-order valence-corrected chi connectivity index (χ4v) is 3.93. The molecule has 30 heavy (non-hydrogen) atoms. The summed E-state index contributed by atoms with van der Waals surface area (Å²) in [6.07, 6.45) is -4.88. The second kappa shape index (κ2) is 7.56. The van der Waals surface area contributed by atoms with E-state index in [-0.39, 0.29) is 31.3 Å². The van der Waals surface area contributed by atoms with Crippen molar-refractivity contribution in [2.45, 2.75) is 20.0 Å². The molecule has 0 N–H and O–H groups in total. The zero-order chi connectivity index (χ0) is 22.4. The van der Waals surface area contributed by atoms with Crippen LogP contribution in [0.4, 0.5) is 17.6 Å². The molecule has 0 unspecified atom stereocenters. The minimum Gasteiger partial charge on any atom is -0.422 e. The topological polar surface area (TPSA) is 52.6 Å². The molecular weight excluding hydrogens is 424 g/mol. The molecule has 0 amide bonds. The third-order valence-corrected chi connectivity index (χ3v) is 5.29. The van der Waals surface area contributed by atoms with Gasteiger partial charge in [-0.3, -0.25) is 0 Å². The fraction of sp³-hybridized carbons (Fsp3) is 0.143. The molecule has 4 nitrogen and oxygen atoms in total. The number of carbonyl (C=O) groups excluding carboxylic acids is 2. The highest BCUT2D eigenvalue weighted by Gasteiger charge is 2.38. The zero-order valence-electron chi connectivity index (χ0n) is 15.8. The molecule has 0 saturated heterocycles. The molecule has 0 saturated carbocycles. The van der Waals surface area contributed by atoms with Crippen molar-refractivity contribution in [3.05, 3.63) is 60.0 Å². The summed E-state index contributed by atoms with van der Waals surface area (Å²) in [5.41, 5.74) is -1.24. The number of carbonyl (C=O) groups is 2. The Kier molecular flexibility index (Phi) is 5.42. The molecule has 3 rings (SSSR count). The summed E-state index contributed by atoms with van der Waals surface area (Å²) in [5.74, 6) is -3.98. The first-order valence-corrected chi connectivity index (χ1v) is 9.23. The van der Waals surface area contributed by atoms with Gasteiger partial charge in [0.05, 0.1) is 9.40 Å². The van der Waals surface area contributed by atoms with E-state index in [1.165, 1.54) is 26.0 Å². The lowest BCUT2D eigenvalue weighted by Crippen LogP contribution is -2.14. The van der Waals surface area contributed by atoms with Gasteiger partial charge >= 0.3 is 18.1 Å². The Hall–Kier alpha value is -3.20. The molecule has 0 aliphatic carbocycles. The summed E-state index contributed by atoms with van der Waals surface area (Å²) in [6, 6.07) is 4.83. The molecule has 3 aromatic rings. The predicted octanol–water partition coefficient (Wildman–Crippen LogP) is 6.18. The third-order valence-electron chi connectivity index (χ3n) is 4.06. The van der Waals surface area contributed by atoms with Gasteiger partial charge in [-0.05, 0) is 38.1 Å². The first-order valence-electron chi connectivity index (χ1n) is 8.42. The van der Waals surface area contributed by atoms with Gasteiger partial charge in [0.2, 0.25) is 0 Å². The van der Waals surface area contributed by atoms with Crippen LogP contribution in [-0.2, 0) is 15.8 Å². The van der Waals surface area contributed by atoms with Crippen LogP contribution < -0.4 is 9.47 Å². The van der Waals surface area contributed by atoms with Crippen LogP contribution in [0.5, 0.6) is 11.5 Å². The van der Waals surface area contributed by atoms with Crippen LogP contribution in [0.2, 0.25) is 0 Å². The largest absolute Gasteiger partial charge is 0.422 e. The van der Waals surface area contributed by atoms with Crippen LogP contribution in [0.25, 0.3) is 20.2 Å². The van der Waals surface area contributed by atoms with Crippen molar-refractivity contribution in [1.29, 1.82) is 0 Å². The third kappa shape index (κ3) is 3.80. The lowest BCUT2D eigenvalue weighted by atomic mass is 10.1. The van der Waals surface area contributed by atoms with E-state index < -0.39 is 41.0 Å². The number of fused-ring (bicyclic) bond motifs is 3. The van der Waals surface area contributed by atoms with Gasteiger partial charge in [-0.15, -0.1) is 11.3 Å². The van der Waals surface area contributed by atoms with E-state index in [1.807, 2.05) is 0 Å². The van der Waals surface area contributed by atoms with Crippen molar-refractivity contribution in [3.63, 3.8) is 0 Å². The number of esters is 2. The van der Waals surface area contributed by atoms with E-state index in [9.17, 15) is 27.2 Å².